The Bertz CT molecular complexity index is 552. The van der Waals surface area contributed by atoms with Gasteiger partial charge in [-0.2, -0.15) is 0 Å². The van der Waals surface area contributed by atoms with Crippen molar-refractivity contribution in [2.45, 2.75) is 31.4 Å². The van der Waals surface area contributed by atoms with E-state index in [1.165, 1.54) is 0 Å². The summed E-state index contributed by atoms with van der Waals surface area (Å²) in [7, 11) is 0. The molecule has 0 aromatic carbocycles. The van der Waals surface area contributed by atoms with E-state index >= 15 is 0 Å². The first-order valence-corrected chi connectivity index (χ1v) is 6.04. The quantitative estimate of drug-likeness (QED) is 0.578. The molecule has 3 heterocycles. The minimum absolute atomic E-state index is 0.0751. The number of Topliss-reactive ketones (excluding diaryl/α,β-unsaturated/α-hetero) is 1. The molecule has 0 amide bonds. The smallest absolute Gasteiger partial charge is 0.218 e. The minimum atomic E-state index is -0.705. The van der Waals surface area contributed by atoms with Gasteiger partial charge >= 0.3 is 0 Å². The van der Waals surface area contributed by atoms with Crippen molar-refractivity contribution in [2.24, 2.45) is 0 Å². The number of nitrogens with zero attached hydrogens (tertiary/aromatic N) is 4. The van der Waals surface area contributed by atoms with Crippen LogP contribution >= 0.6 is 12.2 Å². The number of fused-ring (bicyclic) bond motifs is 2. The van der Waals surface area contributed by atoms with Crippen molar-refractivity contribution in [3.63, 3.8) is 0 Å². The van der Waals surface area contributed by atoms with E-state index in [1.807, 2.05) is 0 Å². The first-order chi connectivity index (χ1) is 8.70. The Balaban J connectivity index is 1.92. The second kappa shape index (κ2) is 4.38. The molecule has 0 aliphatic carbocycles. The van der Waals surface area contributed by atoms with Crippen molar-refractivity contribution in [2.75, 3.05) is 6.61 Å². The molecule has 2 saturated heterocycles. The zero-order valence-corrected chi connectivity index (χ0v) is 10.4. The molecule has 0 spiro atoms. The van der Waals surface area contributed by atoms with Crippen LogP contribution in [0.2, 0.25) is 0 Å². The number of allylic oxidation sites excluding steroid dienone is 1. The number of ether oxygens (including phenoxy) is 2. The summed E-state index contributed by atoms with van der Waals surface area (Å²) in [5.41, 5.74) is 0. The van der Waals surface area contributed by atoms with Crippen LogP contribution in [0.5, 0.6) is 0 Å². The second-order valence-corrected chi connectivity index (χ2v) is 4.62. The van der Waals surface area contributed by atoms with Gasteiger partial charge in [0.05, 0.1) is 19.2 Å². The van der Waals surface area contributed by atoms with Crippen LogP contribution in [0.25, 0.3) is 0 Å². The maximum absolute atomic E-state index is 11.7. The van der Waals surface area contributed by atoms with Crippen molar-refractivity contribution in [1.29, 1.82) is 0 Å². The van der Waals surface area contributed by atoms with Gasteiger partial charge in [0.25, 0.3) is 0 Å². The number of hydrogen-bond donors (Lipinski definition) is 0. The number of carbonyl (C=O) groups is 1. The molecule has 2 aliphatic heterocycles. The second-order valence-electron chi connectivity index (χ2n) is 4.25. The van der Waals surface area contributed by atoms with Crippen LogP contribution in [-0.4, -0.2) is 44.6 Å². The van der Waals surface area contributed by atoms with E-state index in [1.54, 1.807) is 15.4 Å². The van der Waals surface area contributed by atoms with Crippen molar-refractivity contribution >= 4 is 18.0 Å². The van der Waals surface area contributed by atoms with Crippen molar-refractivity contribution in [3.05, 3.63) is 17.4 Å². The van der Waals surface area contributed by atoms with Crippen molar-refractivity contribution in [3.8, 4) is 0 Å². The van der Waals surface area contributed by atoms with Crippen molar-refractivity contribution < 1.29 is 14.3 Å². The van der Waals surface area contributed by atoms with Gasteiger partial charge in [0, 0.05) is 6.42 Å². The summed E-state index contributed by atoms with van der Waals surface area (Å²) >= 11 is 5.27. The molecule has 96 valence electrons. The Labute approximate surface area is 108 Å². The topological polar surface area (TPSA) is 71.2 Å². The Kier molecular flexibility index (Phi) is 2.84. The molecule has 2 aliphatic rings. The largest absolute Gasteiger partial charge is 0.343 e. The van der Waals surface area contributed by atoms with Crippen LogP contribution in [0, 0.1) is 4.77 Å². The van der Waals surface area contributed by atoms with E-state index in [0.29, 0.717) is 24.3 Å². The maximum Gasteiger partial charge on any atom is 0.218 e. The van der Waals surface area contributed by atoms with Gasteiger partial charge in [-0.25, -0.2) is 9.36 Å². The Hall–Kier alpha value is -1.38. The Morgan fingerprint density at radius 3 is 3.17 bits per heavy atom. The third-order valence-electron chi connectivity index (χ3n) is 3.09. The van der Waals surface area contributed by atoms with E-state index in [0.717, 1.165) is 0 Å². The lowest BCUT2D eigenvalue weighted by Crippen LogP contribution is -2.37. The third kappa shape index (κ3) is 1.73. The van der Waals surface area contributed by atoms with Crippen LogP contribution in [-0.2, 0) is 20.8 Å². The molecule has 0 unspecified atom stereocenters. The molecule has 8 heteroatoms. The maximum atomic E-state index is 11.7. The lowest BCUT2D eigenvalue weighted by Gasteiger charge is -2.25. The molecule has 0 saturated carbocycles. The van der Waals surface area contributed by atoms with Crippen LogP contribution in [0.3, 0.4) is 0 Å². The highest BCUT2D eigenvalue weighted by Crippen LogP contribution is 2.32. The van der Waals surface area contributed by atoms with Crippen LogP contribution in [0.4, 0.5) is 0 Å². The molecule has 3 atom stereocenters. The number of tetrazole rings is 1. The summed E-state index contributed by atoms with van der Waals surface area (Å²) in [5, 5.41) is 7.93. The normalized spacial score (nSPS) is 30.7. The average molecular weight is 268 g/mol. The van der Waals surface area contributed by atoms with E-state index in [-0.39, 0.29) is 17.9 Å². The summed E-state index contributed by atoms with van der Waals surface area (Å²) in [6.07, 6.45) is 1.11. The SMILES string of the molecule is C=CCn1nnn([C@H]2CC(=O)[C@H]3OC[C@H]2O3)c1=S. The number of ketones is 1. The highest BCUT2D eigenvalue weighted by atomic mass is 32.1. The summed E-state index contributed by atoms with van der Waals surface area (Å²) < 4.78 is 14.3. The van der Waals surface area contributed by atoms with Gasteiger partial charge in [-0.15, -0.1) is 6.58 Å². The van der Waals surface area contributed by atoms with Gasteiger partial charge in [-0.05, 0) is 22.6 Å². The molecule has 2 fully saturated rings. The number of hydrogen-bond acceptors (Lipinski definition) is 6. The van der Waals surface area contributed by atoms with Crippen LogP contribution in [0.15, 0.2) is 12.7 Å². The molecule has 7 nitrogen and oxygen atoms in total. The lowest BCUT2D eigenvalue weighted by atomic mass is 10.0. The third-order valence-corrected chi connectivity index (χ3v) is 3.49. The average Bonchev–Trinajstić information content (AvgIpc) is 2.93. The van der Waals surface area contributed by atoms with Gasteiger partial charge in [-0.3, -0.25) is 4.79 Å². The van der Waals surface area contributed by atoms with Gasteiger partial charge in [-0.1, -0.05) is 6.08 Å². The molecule has 2 bridgehead atoms. The summed E-state index contributed by atoms with van der Waals surface area (Å²) in [6.45, 7) is 4.50. The Morgan fingerprint density at radius 1 is 1.56 bits per heavy atom. The number of rotatable bonds is 3. The Morgan fingerprint density at radius 2 is 2.39 bits per heavy atom. The summed E-state index contributed by atoms with van der Waals surface area (Å²) in [4.78, 5) is 11.7. The van der Waals surface area contributed by atoms with Gasteiger partial charge in [0.2, 0.25) is 11.1 Å². The summed E-state index contributed by atoms with van der Waals surface area (Å²) in [5.74, 6) is -0.0751. The van der Waals surface area contributed by atoms with Gasteiger partial charge in [0.15, 0.2) is 5.78 Å². The molecule has 3 rings (SSSR count). The molecule has 18 heavy (non-hydrogen) atoms. The van der Waals surface area contributed by atoms with E-state index < -0.39 is 6.29 Å². The predicted molar refractivity (Wildman–Crippen MR) is 62.3 cm³/mol. The first kappa shape index (κ1) is 11.7. The highest BCUT2D eigenvalue weighted by molar-refractivity contribution is 7.71. The fourth-order valence-electron chi connectivity index (χ4n) is 2.20. The van der Waals surface area contributed by atoms with Gasteiger partial charge < -0.3 is 9.47 Å². The standard InChI is InChI=1S/C10H12N4O3S/c1-2-3-13-10(18)14(12-11-13)6-4-7(15)9-16-5-8(6)17-9/h2,6,8-9H,1,3-5H2/t6-,8+,9-/m0/s1. The van der Waals surface area contributed by atoms with Crippen molar-refractivity contribution in [1.82, 2.24) is 19.8 Å². The molecular formula is C10H12N4O3S. The van der Waals surface area contributed by atoms with E-state index in [2.05, 4.69) is 17.0 Å². The number of aromatic nitrogens is 4. The fourth-order valence-corrected chi connectivity index (χ4v) is 2.48. The fraction of sp³-hybridized carbons (Fsp3) is 0.600. The van der Waals surface area contributed by atoms with Gasteiger partial charge in [0.1, 0.15) is 6.10 Å². The van der Waals surface area contributed by atoms with Crippen LogP contribution in [0.1, 0.15) is 12.5 Å². The van der Waals surface area contributed by atoms with E-state index in [9.17, 15) is 4.79 Å². The zero-order chi connectivity index (χ0) is 12.7. The molecular weight excluding hydrogens is 256 g/mol. The highest BCUT2D eigenvalue weighted by Gasteiger charge is 2.44. The first-order valence-electron chi connectivity index (χ1n) is 5.63. The molecule has 0 radical (unpaired) electrons. The summed E-state index contributed by atoms with van der Waals surface area (Å²) in [6, 6.07) is -0.234. The monoisotopic (exact) mass is 268 g/mol. The number of carbonyl (C=O) groups excluding carboxylic acids is 1. The lowest BCUT2D eigenvalue weighted by molar-refractivity contribution is -0.156. The molecule has 0 N–H and O–H groups in total. The van der Waals surface area contributed by atoms with Crippen LogP contribution < -0.4 is 0 Å². The minimum Gasteiger partial charge on any atom is -0.343 e. The predicted octanol–water partition coefficient (Wildman–Crippen LogP) is 0.250. The van der Waals surface area contributed by atoms with E-state index in [4.69, 9.17) is 21.7 Å². The zero-order valence-electron chi connectivity index (χ0n) is 9.56. The molecule has 1 aromatic heterocycles. The molecule has 1 aromatic rings.